The van der Waals surface area contributed by atoms with E-state index in [1.807, 2.05) is 42.5 Å². The predicted molar refractivity (Wildman–Crippen MR) is 107 cm³/mol. The fourth-order valence-corrected chi connectivity index (χ4v) is 2.51. The zero-order valence-corrected chi connectivity index (χ0v) is 15.2. The van der Waals surface area contributed by atoms with E-state index >= 15 is 0 Å². The number of ketones is 1. The highest BCUT2D eigenvalue weighted by molar-refractivity contribution is 6.51. The Balaban J connectivity index is 1.95. The van der Waals surface area contributed by atoms with Gasteiger partial charge in [-0.05, 0) is 60.7 Å². The van der Waals surface area contributed by atoms with Crippen molar-refractivity contribution >= 4 is 17.2 Å². The van der Waals surface area contributed by atoms with Gasteiger partial charge in [0.1, 0.15) is 17.2 Å². The fourth-order valence-electron chi connectivity index (χ4n) is 2.51. The van der Waals surface area contributed by atoms with Crippen molar-refractivity contribution in [3.05, 3.63) is 90.0 Å². The van der Waals surface area contributed by atoms with E-state index in [0.717, 1.165) is 5.69 Å². The summed E-state index contributed by atoms with van der Waals surface area (Å²) in [5.74, 6) is 1.22. The number of rotatable bonds is 7. The first-order valence-corrected chi connectivity index (χ1v) is 8.43. The van der Waals surface area contributed by atoms with E-state index in [9.17, 15) is 4.79 Å². The summed E-state index contributed by atoms with van der Waals surface area (Å²) >= 11 is 0. The Bertz CT molecular complexity index is 918. The molecule has 0 atom stereocenters. The third-order valence-corrected chi connectivity index (χ3v) is 4.00. The lowest BCUT2D eigenvalue weighted by molar-refractivity contribution is 0.106. The van der Waals surface area contributed by atoms with Crippen molar-refractivity contribution in [3.8, 4) is 11.5 Å². The molecule has 136 valence electrons. The molecule has 1 N–H and O–H groups in total. The molecule has 3 rings (SSSR count). The average Bonchev–Trinajstić information content (AvgIpc) is 2.75. The van der Waals surface area contributed by atoms with Crippen LogP contribution in [0.2, 0.25) is 0 Å². The van der Waals surface area contributed by atoms with Gasteiger partial charge in [0.15, 0.2) is 0 Å². The average molecular weight is 360 g/mol. The molecule has 0 heterocycles. The number of anilines is 1. The molecule has 0 aliphatic rings. The van der Waals surface area contributed by atoms with Crippen LogP contribution in [0.4, 0.5) is 5.69 Å². The summed E-state index contributed by atoms with van der Waals surface area (Å²) in [6, 6.07) is 23.7. The van der Waals surface area contributed by atoms with Gasteiger partial charge in [0.25, 0.3) is 0 Å². The van der Waals surface area contributed by atoms with Crippen LogP contribution in [0.15, 0.2) is 84.0 Å². The molecule has 3 aromatic carbocycles. The highest BCUT2D eigenvalue weighted by Crippen LogP contribution is 2.17. The molecule has 0 saturated heterocycles. The standard InChI is InChI=1S/C22H20N2O3/c1-26-19-12-8-16(9-13-19)21(24-23-18-6-4-3-5-7-18)22(25)17-10-14-20(27-2)15-11-17/h3-15,23H,1-2H3/b24-21+. The molecule has 0 unspecified atom stereocenters. The maximum absolute atomic E-state index is 13.1. The van der Waals surface area contributed by atoms with E-state index in [4.69, 9.17) is 9.47 Å². The molecule has 0 bridgehead atoms. The van der Waals surface area contributed by atoms with Crippen LogP contribution in [0.3, 0.4) is 0 Å². The van der Waals surface area contributed by atoms with Crippen LogP contribution in [0.1, 0.15) is 15.9 Å². The molecule has 27 heavy (non-hydrogen) atoms. The van der Waals surface area contributed by atoms with Crippen LogP contribution < -0.4 is 14.9 Å². The second kappa shape index (κ2) is 8.67. The Morgan fingerprint density at radius 1 is 0.741 bits per heavy atom. The summed E-state index contributed by atoms with van der Waals surface area (Å²) in [5.41, 5.74) is 5.29. The molecule has 0 aliphatic heterocycles. The quantitative estimate of drug-likeness (QED) is 0.385. The van der Waals surface area contributed by atoms with Crippen LogP contribution in [0, 0.1) is 0 Å². The van der Waals surface area contributed by atoms with Crippen molar-refractivity contribution in [1.82, 2.24) is 0 Å². The zero-order chi connectivity index (χ0) is 19.1. The monoisotopic (exact) mass is 360 g/mol. The van der Waals surface area contributed by atoms with E-state index in [1.54, 1.807) is 50.6 Å². The fraction of sp³-hybridized carbons (Fsp3) is 0.0909. The number of ether oxygens (including phenoxy) is 2. The first kappa shape index (κ1) is 18.2. The van der Waals surface area contributed by atoms with E-state index in [-0.39, 0.29) is 5.78 Å². The summed E-state index contributed by atoms with van der Waals surface area (Å²) in [6.45, 7) is 0. The number of nitrogens with zero attached hydrogens (tertiary/aromatic N) is 1. The number of hydrogen-bond donors (Lipinski definition) is 1. The minimum atomic E-state index is -0.189. The number of carbonyl (C=O) groups is 1. The number of carbonyl (C=O) groups excluding carboxylic acids is 1. The molecule has 5 nitrogen and oxygen atoms in total. The number of methoxy groups -OCH3 is 2. The van der Waals surface area contributed by atoms with Crippen molar-refractivity contribution < 1.29 is 14.3 Å². The molecule has 0 radical (unpaired) electrons. The molecule has 3 aromatic rings. The molecule has 0 aromatic heterocycles. The van der Waals surface area contributed by atoms with E-state index < -0.39 is 0 Å². The first-order valence-electron chi connectivity index (χ1n) is 8.43. The zero-order valence-electron chi connectivity index (χ0n) is 15.2. The summed E-state index contributed by atoms with van der Waals surface area (Å²) in [7, 11) is 3.19. The Hall–Kier alpha value is -3.60. The third kappa shape index (κ3) is 4.52. The van der Waals surface area contributed by atoms with E-state index in [0.29, 0.717) is 28.3 Å². The van der Waals surface area contributed by atoms with Crippen molar-refractivity contribution in [2.45, 2.75) is 0 Å². The third-order valence-electron chi connectivity index (χ3n) is 4.00. The maximum atomic E-state index is 13.1. The van der Waals surface area contributed by atoms with Gasteiger partial charge >= 0.3 is 0 Å². The molecule has 0 saturated carbocycles. The van der Waals surface area contributed by atoms with Crippen LogP contribution in [0.25, 0.3) is 0 Å². The summed E-state index contributed by atoms with van der Waals surface area (Å²) in [4.78, 5) is 13.1. The highest BCUT2D eigenvalue weighted by Gasteiger charge is 2.17. The van der Waals surface area contributed by atoms with Crippen LogP contribution in [0.5, 0.6) is 11.5 Å². The lowest BCUT2D eigenvalue weighted by Gasteiger charge is -2.09. The normalized spacial score (nSPS) is 11.0. The molecule has 5 heteroatoms. The molecule has 0 aliphatic carbocycles. The predicted octanol–water partition coefficient (Wildman–Crippen LogP) is 4.40. The van der Waals surface area contributed by atoms with Gasteiger partial charge in [0.05, 0.1) is 19.9 Å². The van der Waals surface area contributed by atoms with Gasteiger partial charge in [-0.2, -0.15) is 5.10 Å². The number of hydrogen-bond acceptors (Lipinski definition) is 5. The molecule has 0 fully saturated rings. The van der Waals surface area contributed by atoms with Crippen molar-refractivity contribution in [3.63, 3.8) is 0 Å². The number of benzene rings is 3. The largest absolute Gasteiger partial charge is 0.497 e. The van der Waals surface area contributed by atoms with Gasteiger partial charge < -0.3 is 9.47 Å². The summed E-state index contributed by atoms with van der Waals surface area (Å²) in [6.07, 6.45) is 0. The van der Waals surface area contributed by atoms with Gasteiger partial charge in [-0.3, -0.25) is 10.2 Å². The molecular weight excluding hydrogens is 340 g/mol. The Morgan fingerprint density at radius 2 is 1.26 bits per heavy atom. The summed E-state index contributed by atoms with van der Waals surface area (Å²) < 4.78 is 10.4. The van der Waals surface area contributed by atoms with Crippen LogP contribution in [-0.4, -0.2) is 25.7 Å². The number of nitrogens with one attached hydrogen (secondary N) is 1. The maximum Gasteiger partial charge on any atom is 0.213 e. The molecule has 0 amide bonds. The molecular formula is C22H20N2O3. The lowest BCUT2D eigenvalue weighted by Crippen LogP contribution is -2.17. The van der Waals surface area contributed by atoms with Crippen molar-refractivity contribution in [2.75, 3.05) is 19.6 Å². The van der Waals surface area contributed by atoms with Crippen molar-refractivity contribution in [1.29, 1.82) is 0 Å². The molecule has 0 spiro atoms. The Morgan fingerprint density at radius 3 is 1.78 bits per heavy atom. The second-order valence-electron chi connectivity index (χ2n) is 5.72. The van der Waals surface area contributed by atoms with Gasteiger partial charge in [-0.25, -0.2) is 0 Å². The van der Waals surface area contributed by atoms with Crippen LogP contribution >= 0.6 is 0 Å². The first-order chi connectivity index (χ1) is 13.2. The topological polar surface area (TPSA) is 59.9 Å². The summed E-state index contributed by atoms with van der Waals surface area (Å²) in [5, 5.41) is 4.38. The Kier molecular flexibility index (Phi) is 5.84. The van der Waals surface area contributed by atoms with Gasteiger partial charge in [-0.1, -0.05) is 18.2 Å². The SMILES string of the molecule is COc1ccc(C(=O)/C(=N/Nc2ccccc2)c2ccc(OC)cc2)cc1. The van der Waals surface area contributed by atoms with Crippen molar-refractivity contribution in [2.24, 2.45) is 5.10 Å². The van der Waals surface area contributed by atoms with Gasteiger partial charge in [0.2, 0.25) is 5.78 Å². The smallest absolute Gasteiger partial charge is 0.213 e. The van der Waals surface area contributed by atoms with Gasteiger partial charge in [-0.15, -0.1) is 0 Å². The second-order valence-corrected chi connectivity index (χ2v) is 5.72. The van der Waals surface area contributed by atoms with E-state index in [2.05, 4.69) is 10.5 Å². The number of Topliss-reactive ketones (excluding diaryl/α,β-unsaturated/α-hetero) is 1. The number of para-hydroxylation sites is 1. The van der Waals surface area contributed by atoms with Gasteiger partial charge in [0, 0.05) is 11.1 Å². The number of hydrazone groups is 1. The minimum absolute atomic E-state index is 0.189. The van der Waals surface area contributed by atoms with Crippen LogP contribution in [-0.2, 0) is 0 Å². The van der Waals surface area contributed by atoms with E-state index in [1.165, 1.54) is 0 Å². The Labute approximate surface area is 158 Å². The lowest BCUT2D eigenvalue weighted by atomic mass is 10.0. The highest BCUT2D eigenvalue weighted by atomic mass is 16.5. The minimum Gasteiger partial charge on any atom is -0.497 e.